The van der Waals surface area contributed by atoms with Crippen molar-refractivity contribution in [1.82, 2.24) is 10.3 Å². The van der Waals surface area contributed by atoms with E-state index in [4.69, 9.17) is 11.6 Å². The van der Waals surface area contributed by atoms with Gasteiger partial charge in [-0.15, -0.1) is 0 Å². The van der Waals surface area contributed by atoms with Crippen LogP contribution in [0.4, 0.5) is 19.0 Å². The maximum Gasteiger partial charge on any atom is 0.441 e. The number of rotatable bonds is 4. The van der Waals surface area contributed by atoms with E-state index in [1.807, 2.05) is 5.32 Å². The summed E-state index contributed by atoms with van der Waals surface area (Å²) >= 11 is 5.57. The van der Waals surface area contributed by atoms with E-state index in [0.717, 1.165) is 26.3 Å². The number of ether oxygens (including phenoxy) is 1. The molecule has 1 rings (SSSR count). The van der Waals surface area contributed by atoms with Crippen molar-refractivity contribution in [3.8, 4) is 0 Å². The van der Waals surface area contributed by atoms with Crippen LogP contribution in [-0.4, -0.2) is 35.8 Å². The van der Waals surface area contributed by atoms with Gasteiger partial charge in [0, 0.05) is 13.1 Å². The molecule has 6 nitrogen and oxygen atoms in total. The third kappa shape index (κ3) is 3.75. The lowest BCUT2D eigenvalue weighted by Crippen LogP contribution is -2.69. The number of amides is 1. The summed E-state index contributed by atoms with van der Waals surface area (Å²) in [6.07, 6.45) is -4.09. The molecule has 0 saturated heterocycles. The van der Waals surface area contributed by atoms with Gasteiger partial charge in [0.1, 0.15) is 5.82 Å². The lowest BCUT2D eigenvalue weighted by atomic mass is 10.1. The Morgan fingerprint density at radius 1 is 1.33 bits per heavy atom. The van der Waals surface area contributed by atoms with Gasteiger partial charge in [0.05, 0.1) is 12.1 Å². The molecule has 1 heterocycles. The van der Waals surface area contributed by atoms with Gasteiger partial charge in [0.2, 0.25) is 5.91 Å². The number of carbonyl (C=O) groups is 2. The lowest BCUT2D eigenvalue weighted by Gasteiger charge is -2.34. The highest BCUT2D eigenvalue weighted by atomic mass is 35.5. The molecule has 2 N–H and O–H groups in total. The topological polar surface area (TPSA) is 80.3 Å². The van der Waals surface area contributed by atoms with E-state index in [-0.39, 0.29) is 10.8 Å². The molecule has 21 heavy (non-hydrogen) atoms. The van der Waals surface area contributed by atoms with Crippen molar-refractivity contribution >= 4 is 29.3 Å². The third-order valence-electron chi connectivity index (χ3n) is 2.32. The number of hydrogen-bond acceptors (Lipinski definition) is 5. The molecule has 10 heteroatoms. The Kier molecular flexibility index (Phi) is 5.00. The second kappa shape index (κ2) is 6.17. The number of hydrogen-bond donors (Lipinski definition) is 2. The summed E-state index contributed by atoms with van der Waals surface area (Å²) in [5.74, 6) is -3.14. The largest absolute Gasteiger partial charge is 0.466 e. The van der Waals surface area contributed by atoms with E-state index >= 15 is 0 Å². The summed E-state index contributed by atoms with van der Waals surface area (Å²) in [5, 5.41) is 3.56. The zero-order valence-corrected chi connectivity index (χ0v) is 11.7. The molecule has 1 aromatic heterocycles. The van der Waals surface area contributed by atoms with Crippen LogP contribution in [0.1, 0.15) is 6.92 Å². The Labute approximate surface area is 122 Å². The highest BCUT2D eigenvalue weighted by molar-refractivity contribution is 6.30. The Balaban J connectivity index is 3.30. The van der Waals surface area contributed by atoms with Crippen molar-refractivity contribution < 1.29 is 27.5 Å². The number of esters is 1. The van der Waals surface area contributed by atoms with Crippen LogP contribution in [0.5, 0.6) is 0 Å². The van der Waals surface area contributed by atoms with Crippen molar-refractivity contribution in [1.29, 1.82) is 0 Å². The minimum Gasteiger partial charge on any atom is -0.466 e. The number of alkyl halides is 3. The SMILES string of the molecule is COC(=O)C(NC(C)=O)(Nc1ccc(Cl)cn1)C(F)(F)F. The minimum absolute atomic E-state index is 0.191. The smallest absolute Gasteiger partial charge is 0.441 e. The maximum absolute atomic E-state index is 13.3. The first-order chi connectivity index (χ1) is 9.62. The van der Waals surface area contributed by atoms with E-state index in [0.29, 0.717) is 0 Å². The van der Waals surface area contributed by atoms with Crippen LogP contribution in [-0.2, 0) is 14.3 Å². The number of aromatic nitrogens is 1. The maximum atomic E-state index is 13.3. The first-order valence-electron chi connectivity index (χ1n) is 5.46. The predicted molar refractivity (Wildman–Crippen MR) is 67.5 cm³/mol. The van der Waals surface area contributed by atoms with E-state index in [1.54, 1.807) is 0 Å². The van der Waals surface area contributed by atoms with E-state index in [1.165, 1.54) is 11.4 Å². The number of halogens is 4. The monoisotopic (exact) mass is 325 g/mol. The third-order valence-corrected chi connectivity index (χ3v) is 2.55. The average molecular weight is 326 g/mol. The molecule has 1 unspecified atom stereocenters. The second-order valence-corrected chi connectivity index (χ2v) is 4.34. The molecule has 0 bridgehead atoms. The quantitative estimate of drug-likeness (QED) is 0.651. The first-order valence-corrected chi connectivity index (χ1v) is 5.84. The van der Waals surface area contributed by atoms with Gasteiger partial charge >= 0.3 is 17.8 Å². The van der Waals surface area contributed by atoms with Crippen LogP contribution in [0.25, 0.3) is 0 Å². The molecule has 0 aliphatic heterocycles. The van der Waals surface area contributed by atoms with Crippen molar-refractivity contribution in [3.63, 3.8) is 0 Å². The van der Waals surface area contributed by atoms with Gasteiger partial charge in [-0.1, -0.05) is 11.6 Å². The van der Waals surface area contributed by atoms with E-state index < -0.39 is 23.7 Å². The molecule has 1 amide bonds. The summed E-state index contributed by atoms with van der Waals surface area (Å²) in [6.45, 7) is 0.834. The molecule has 0 fully saturated rings. The fourth-order valence-corrected chi connectivity index (χ4v) is 1.56. The van der Waals surface area contributed by atoms with Gasteiger partial charge < -0.3 is 15.4 Å². The fraction of sp³-hybridized carbons (Fsp3) is 0.364. The molecule has 1 atom stereocenters. The van der Waals surface area contributed by atoms with Crippen LogP contribution >= 0.6 is 11.6 Å². The van der Waals surface area contributed by atoms with Gasteiger partial charge in [0.25, 0.3) is 0 Å². The average Bonchev–Trinajstić information content (AvgIpc) is 2.37. The molecular formula is C11H11ClF3N3O3. The van der Waals surface area contributed by atoms with Crippen LogP contribution in [0.3, 0.4) is 0 Å². The molecule has 0 radical (unpaired) electrons. The van der Waals surface area contributed by atoms with Crippen LogP contribution in [0.15, 0.2) is 18.3 Å². The standard InChI is InChI=1S/C11H11ClF3N3O3/c1-6(19)17-10(9(20)21-2,11(13,14)15)18-8-4-3-7(12)5-16-8/h3-5H,1-2H3,(H,16,18)(H,17,19). The zero-order chi connectivity index (χ0) is 16.3. The highest BCUT2D eigenvalue weighted by Gasteiger charge is 2.63. The lowest BCUT2D eigenvalue weighted by molar-refractivity contribution is -0.206. The highest BCUT2D eigenvalue weighted by Crippen LogP contribution is 2.32. The molecule has 116 valence electrons. The van der Waals surface area contributed by atoms with Crippen LogP contribution in [0.2, 0.25) is 5.02 Å². The molecular weight excluding hydrogens is 315 g/mol. The summed E-state index contributed by atoms with van der Waals surface area (Å²) in [4.78, 5) is 26.3. The molecule has 0 aliphatic carbocycles. The van der Waals surface area contributed by atoms with Crippen molar-refractivity contribution in [3.05, 3.63) is 23.4 Å². The van der Waals surface area contributed by atoms with Crippen LogP contribution < -0.4 is 10.6 Å². The zero-order valence-electron chi connectivity index (χ0n) is 10.9. The van der Waals surface area contributed by atoms with E-state index in [2.05, 4.69) is 9.72 Å². The Bertz CT molecular complexity index is 536. The number of nitrogens with zero attached hydrogens (tertiary/aromatic N) is 1. The van der Waals surface area contributed by atoms with Crippen molar-refractivity contribution in [2.24, 2.45) is 0 Å². The van der Waals surface area contributed by atoms with Crippen molar-refractivity contribution in [2.45, 2.75) is 18.8 Å². The van der Waals surface area contributed by atoms with Gasteiger partial charge in [-0.25, -0.2) is 9.78 Å². The Morgan fingerprint density at radius 2 is 1.95 bits per heavy atom. The van der Waals surface area contributed by atoms with Crippen molar-refractivity contribution in [2.75, 3.05) is 12.4 Å². The number of nitrogens with one attached hydrogen (secondary N) is 2. The molecule has 0 spiro atoms. The molecule has 0 saturated carbocycles. The second-order valence-electron chi connectivity index (χ2n) is 3.91. The van der Waals surface area contributed by atoms with Crippen LogP contribution in [0, 0.1) is 0 Å². The number of pyridine rings is 1. The normalized spacial score (nSPS) is 14.0. The Morgan fingerprint density at radius 3 is 2.33 bits per heavy atom. The van der Waals surface area contributed by atoms with Gasteiger partial charge in [-0.3, -0.25) is 4.79 Å². The molecule has 1 aromatic rings. The molecule has 0 aromatic carbocycles. The summed E-state index contributed by atoms with van der Waals surface area (Å²) in [6, 6.07) is 2.39. The number of methoxy groups -OCH3 is 1. The van der Waals surface area contributed by atoms with E-state index in [9.17, 15) is 22.8 Å². The summed E-state index contributed by atoms with van der Waals surface area (Å²) in [7, 11) is 0.765. The first kappa shape index (κ1) is 17.0. The Hall–Kier alpha value is -2.03. The van der Waals surface area contributed by atoms with Gasteiger partial charge in [-0.05, 0) is 12.1 Å². The number of carbonyl (C=O) groups excluding carboxylic acids is 2. The minimum atomic E-state index is -5.17. The predicted octanol–water partition coefficient (Wildman–Crippen LogP) is 1.71. The van der Waals surface area contributed by atoms with Gasteiger partial charge in [-0.2, -0.15) is 13.2 Å². The fourth-order valence-electron chi connectivity index (χ4n) is 1.45. The molecule has 0 aliphatic rings. The summed E-state index contributed by atoms with van der Waals surface area (Å²) in [5.41, 5.74) is -3.45. The summed E-state index contributed by atoms with van der Waals surface area (Å²) < 4.78 is 44.1. The van der Waals surface area contributed by atoms with Gasteiger partial charge in [0.15, 0.2) is 0 Å². The number of anilines is 1.